The zero-order valence-electron chi connectivity index (χ0n) is 12.5. The number of ether oxygens (including phenoxy) is 1. The van der Waals surface area contributed by atoms with E-state index < -0.39 is 0 Å². The summed E-state index contributed by atoms with van der Waals surface area (Å²) in [6.45, 7) is 3.94. The van der Waals surface area contributed by atoms with Crippen LogP contribution in [0.1, 0.15) is 17.7 Å². The number of likely N-dealkylation sites (tertiary alicyclic amines) is 1. The Balaban J connectivity index is 1.23. The third-order valence-electron chi connectivity index (χ3n) is 4.38. The number of nitrogens with zero attached hydrogens (tertiary/aromatic N) is 2. The normalized spacial score (nSPS) is 23.7. The van der Waals surface area contributed by atoms with Gasteiger partial charge in [0.25, 0.3) is 0 Å². The summed E-state index contributed by atoms with van der Waals surface area (Å²) in [6.07, 6.45) is 6.93. The molecule has 2 saturated heterocycles. The monoisotopic (exact) mass is 316 g/mol. The van der Waals surface area contributed by atoms with Crippen molar-refractivity contribution in [3.05, 3.63) is 54.2 Å². The average molecular weight is 316 g/mol. The van der Waals surface area contributed by atoms with Gasteiger partial charge in [-0.1, -0.05) is 6.07 Å². The lowest BCUT2D eigenvalue weighted by Gasteiger charge is -2.47. The minimum atomic E-state index is 0.364. The van der Waals surface area contributed by atoms with Crippen molar-refractivity contribution in [3.63, 3.8) is 0 Å². The molecule has 22 heavy (non-hydrogen) atoms. The molecule has 2 fully saturated rings. The van der Waals surface area contributed by atoms with Crippen LogP contribution >= 0.6 is 11.8 Å². The van der Waals surface area contributed by atoms with E-state index in [2.05, 4.69) is 21.6 Å². The second-order valence-electron chi connectivity index (χ2n) is 6.23. The van der Waals surface area contributed by atoms with Crippen LogP contribution < -0.4 is 0 Å². The van der Waals surface area contributed by atoms with Crippen molar-refractivity contribution in [1.82, 2.24) is 9.88 Å². The van der Waals surface area contributed by atoms with Crippen molar-refractivity contribution in [2.45, 2.75) is 30.4 Å². The van der Waals surface area contributed by atoms with Crippen molar-refractivity contribution in [1.29, 1.82) is 0 Å². The van der Waals surface area contributed by atoms with Crippen LogP contribution in [-0.2, 0) is 17.9 Å². The molecule has 4 nitrogen and oxygen atoms in total. The Hall–Kier alpha value is -1.30. The Morgan fingerprint density at radius 3 is 3.09 bits per heavy atom. The molecule has 0 amide bonds. The quantitative estimate of drug-likeness (QED) is 0.848. The molecule has 0 bridgehead atoms. The number of aromatic nitrogens is 1. The van der Waals surface area contributed by atoms with Gasteiger partial charge in [-0.2, -0.15) is 0 Å². The highest BCUT2D eigenvalue weighted by molar-refractivity contribution is 8.01. The smallest absolute Gasteiger partial charge is 0.0947 e. The average Bonchev–Trinajstić information content (AvgIpc) is 3.16. The molecule has 2 aromatic heterocycles. The second-order valence-corrected chi connectivity index (χ2v) is 7.72. The van der Waals surface area contributed by atoms with Gasteiger partial charge in [-0.15, -0.1) is 11.8 Å². The van der Waals surface area contributed by atoms with Gasteiger partial charge >= 0.3 is 0 Å². The van der Waals surface area contributed by atoms with Crippen molar-refractivity contribution >= 4 is 11.8 Å². The third kappa shape index (κ3) is 3.07. The third-order valence-corrected chi connectivity index (χ3v) is 5.95. The Labute approximate surface area is 134 Å². The Morgan fingerprint density at radius 2 is 2.32 bits per heavy atom. The summed E-state index contributed by atoms with van der Waals surface area (Å²) < 4.78 is 11.6. The lowest BCUT2D eigenvalue weighted by Crippen LogP contribution is -2.58. The predicted octanol–water partition coefficient (Wildman–Crippen LogP) is 2.95. The maximum atomic E-state index is 6.04. The molecule has 1 atom stereocenters. The van der Waals surface area contributed by atoms with Crippen LogP contribution in [0.25, 0.3) is 0 Å². The zero-order valence-corrected chi connectivity index (χ0v) is 13.3. The zero-order chi connectivity index (χ0) is 14.8. The predicted molar refractivity (Wildman–Crippen MR) is 86.6 cm³/mol. The molecule has 1 unspecified atom stereocenters. The van der Waals surface area contributed by atoms with E-state index in [0.717, 1.165) is 37.5 Å². The Bertz CT molecular complexity index is 596. The van der Waals surface area contributed by atoms with Crippen LogP contribution in [-0.4, -0.2) is 39.6 Å². The first-order valence-electron chi connectivity index (χ1n) is 7.70. The Kier molecular flexibility index (Phi) is 3.94. The molecule has 1 spiro atoms. The minimum Gasteiger partial charge on any atom is -0.472 e. The fraction of sp³-hybridized carbons (Fsp3) is 0.471. The number of hydrogen-bond donors (Lipinski definition) is 0. The highest BCUT2D eigenvalue weighted by Crippen LogP contribution is 2.46. The largest absolute Gasteiger partial charge is 0.472 e. The van der Waals surface area contributed by atoms with Gasteiger partial charge in [0.2, 0.25) is 0 Å². The van der Waals surface area contributed by atoms with Crippen LogP contribution in [0.15, 0.2) is 47.4 Å². The highest BCUT2D eigenvalue weighted by atomic mass is 32.2. The maximum absolute atomic E-state index is 6.04. The molecule has 2 aliphatic heterocycles. The van der Waals surface area contributed by atoms with Gasteiger partial charge in [-0.25, -0.2) is 0 Å². The van der Waals surface area contributed by atoms with Crippen molar-refractivity contribution in [2.75, 3.05) is 18.8 Å². The van der Waals surface area contributed by atoms with Crippen LogP contribution in [0.3, 0.4) is 0 Å². The molecule has 0 radical (unpaired) electrons. The van der Waals surface area contributed by atoms with Gasteiger partial charge in [0.05, 0.1) is 30.9 Å². The number of pyridine rings is 1. The van der Waals surface area contributed by atoms with E-state index in [0.29, 0.717) is 17.5 Å². The topological polar surface area (TPSA) is 38.5 Å². The van der Waals surface area contributed by atoms with E-state index in [1.165, 1.54) is 5.56 Å². The maximum Gasteiger partial charge on any atom is 0.0947 e. The first-order chi connectivity index (χ1) is 10.8. The molecule has 2 aromatic rings. The summed E-state index contributed by atoms with van der Waals surface area (Å²) in [5.41, 5.74) is 2.28. The van der Waals surface area contributed by atoms with E-state index in [1.807, 2.05) is 36.7 Å². The molecule has 116 valence electrons. The first-order valence-corrected chi connectivity index (χ1v) is 8.69. The molecule has 4 heterocycles. The van der Waals surface area contributed by atoms with Gasteiger partial charge in [0.1, 0.15) is 0 Å². The van der Waals surface area contributed by atoms with Gasteiger partial charge in [-0.05, 0) is 24.6 Å². The van der Waals surface area contributed by atoms with Crippen molar-refractivity contribution < 1.29 is 9.15 Å². The summed E-state index contributed by atoms with van der Waals surface area (Å²) in [7, 11) is 0. The Morgan fingerprint density at radius 1 is 1.36 bits per heavy atom. The molecule has 0 saturated carbocycles. The van der Waals surface area contributed by atoms with E-state index in [9.17, 15) is 0 Å². The molecular weight excluding hydrogens is 296 g/mol. The molecular formula is C17H20N2O2S. The molecule has 0 aromatic carbocycles. The summed E-state index contributed by atoms with van der Waals surface area (Å²) in [5.74, 6) is 1.10. The van der Waals surface area contributed by atoms with E-state index in [1.54, 1.807) is 6.26 Å². The fourth-order valence-electron chi connectivity index (χ4n) is 3.34. The van der Waals surface area contributed by atoms with Crippen LogP contribution in [0.4, 0.5) is 0 Å². The van der Waals surface area contributed by atoms with E-state index in [-0.39, 0.29) is 0 Å². The second kappa shape index (κ2) is 6.07. The van der Waals surface area contributed by atoms with Gasteiger partial charge in [-0.3, -0.25) is 9.88 Å². The van der Waals surface area contributed by atoms with Gasteiger partial charge in [0, 0.05) is 41.9 Å². The van der Waals surface area contributed by atoms with Gasteiger partial charge in [0.15, 0.2) is 0 Å². The minimum absolute atomic E-state index is 0.364. The summed E-state index contributed by atoms with van der Waals surface area (Å²) in [6, 6.07) is 8.02. The SMILES string of the molecule is c1ccc(COC2CSC3(C2)CN(Cc2ccoc2)C3)nc1. The van der Waals surface area contributed by atoms with E-state index in [4.69, 9.17) is 9.15 Å². The lowest BCUT2D eigenvalue weighted by molar-refractivity contribution is 0.0250. The van der Waals surface area contributed by atoms with Crippen molar-refractivity contribution in [3.8, 4) is 0 Å². The van der Waals surface area contributed by atoms with Gasteiger partial charge < -0.3 is 9.15 Å². The van der Waals surface area contributed by atoms with Crippen LogP contribution in [0.5, 0.6) is 0 Å². The molecule has 0 N–H and O–H groups in total. The highest BCUT2D eigenvalue weighted by Gasteiger charge is 2.49. The standard InChI is InChI=1S/C17H20N2O2S/c1-2-5-18-15(3-1)10-21-16-7-17(22-11-16)12-19(13-17)8-14-4-6-20-9-14/h1-6,9,16H,7-8,10-13H2. The van der Waals surface area contributed by atoms with Crippen molar-refractivity contribution in [2.24, 2.45) is 0 Å². The summed E-state index contributed by atoms with van der Waals surface area (Å²) in [4.78, 5) is 6.80. The van der Waals surface area contributed by atoms with E-state index >= 15 is 0 Å². The molecule has 2 aliphatic rings. The van der Waals surface area contributed by atoms with Crippen LogP contribution in [0.2, 0.25) is 0 Å². The number of furan rings is 1. The molecule has 5 heteroatoms. The molecule has 4 rings (SSSR count). The fourth-order valence-corrected chi connectivity index (χ4v) is 4.94. The number of thioether (sulfide) groups is 1. The number of rotatable bonds is 5. The number of hydrogen-bond acceptors (Lipinski definition) is 5. The summed E-state index contributed by atoms with van der Waals surface area (Å²) in [5, 5.41) is 0. The molecule has 0 aliphatic carbocycles. The first kappa shape index (κ1) is 14.3. The lowest BCUT2D eigenvalue weighted by atomic mass is 9.92. The summed E-state index contributed by atoms with van der Waals surface area (Å²) >= 11 is 2.08. The van der Waals surface area contributed by atoms with Crippen LogP contribution in [0, 0.1) is 0 Å².